The third-order valence-corrected chi connectivity index (χ3v) is 6.08. The zero-order chi connectivity index (χ0) is 22.7. The number of imidazole rings is 1. The minimum atomic E-state index is -0.550. The lowest BCUT2D eigenvalue weighted by molar-refractivity contribution is -0.126. The number of H-pyrrole nitrogens is 1. The van der Waals surface area contributed by atoms with E-state index < -0.39 is 5.82 Å². The van der Waals surface area contributed by atoms with Gasteiger partial charge in [-0.05, 0) is 31.2 Å². The SMILES string of the molecule is Cc1nc2ccc(Oc3ccc4ncc(-c5cnn(C6CC(=O)C6)c5)nc4c3Cl)c(F)c2[nH]1. The number of aromatic amines is 1. The minimum Gasteiger partial charge on any atom is -0.453 e. The molecule has 0 amide bonds. The number of carbonyl (C=O) groups excluding carboxylic acids is 1. The first-order valence-corrected chi connectivity index (χ1v) is 10.7. The number of halogens is 2. The Morgan fingerprint density at radius 2 is 1.91 bits per heavy atom. The minimum absolute atomic E-state index is 0.0211. The Labute approximate surface area is 191 Å². The highest BCUT2D eigenvalue weighted by molar-refractivity contribution is 6.36. The molecule has 3 heterocycles. The number of hydrogen-bond acceptors (Lipinski definition) is 6. The van der Waals surface area contributed by atoms with E-state index in [1.165, 1.54) is 6.07 Å². The highest BCUT2D eigenvalue weighted by Gasteiger charge is 2.28. The molecule has 1 N–H and O–H groups in total. The number of aryl methyl sites for hydroxylation is 1. The molecule has 1 aliphatic carbocycles. The van der Waals surface area contributed by atoms with Crippen molar-refractivity contribution in [3.05, 3.63) is 59.5 Å². The molecule has 2 aromatic carbocycles. The fraction of sp³-hybridized carbons (Fsp3) is 0.174. The summed E-state index contributed by atoms with van der Waals surface area (Å²) in [6, 6.07) is 6.63. The number of ether oxygens (including phenoxy) is 1. The highest BCUT2D eigenvalue weighted by Crippen LogP contribution is 2.37. The number of Topliss-reactive ketones (excluding diaryl/α,β-unsaturated/α-hetero) is 1. The van der Waals surface area contributed by atoms with E-state index >= 15 is 0 Å². The summed E-state index contributed by atoms with van der Waals surface area (Å²) in [5.74, 6) is 0.576. The summed E-state index contributed by atoms with van der Waals surface area (Å²) in [4.78, 5) is 27.5. The maximum Gasteiger partial charge on any atom is 0.191 e. The van der Waals surface area contributed by atoms with E-state index in [1.807, 2.05) is 6.20 Å². The first kappa shape index (κ1) is 19.8. The van der Waals surface area contributed by atoms with Gasteiger partial charge in [0.25, 0.3) is 0 Å². The monoisotopic (exact) mass is 462 g/mol. The average Bonchev–Trinajstić information content (AvgIpc) is 3.42. The molecular weight excluding hydrogens is 447 g/mol. The molecule has 0 spiro atoms. The zero-order valence-electron chi connectivity index (χ0n) is 17.3. The van der Waals surface area contributed by atoms with Crippen LogP contribution in [0.5, 0.6) is 11.5 Å². The normalized spacial score (nSPS) is 14.2. The van der Waals surface area contributed by atoms with Crippen LogP contribution in [0.3, 0.4) is 0 Å². The molecule has 6 rings (SSSR count). The molecule has 33 heavy (non-hydrogen) atoms. The summed E-state index contributed by atoms with van der Waals surface area (Å²) < 4.78 is 22.5. The van der Waals surface area contributed by atoms with Crippen molar-refractivity contribution >= 4 is 39.5 Å². The summed E-state index contributed by atoms with van der Waals surface area (Å²) in [5.41, 5.74) is 3.14. The van der Waals surface area contributed by atoms with E-state index in [0.29, 0.717) is 40.9 Å². The predicted octanol–water partition coefficient (Wildman–Crippen LogP) is 5.17. The molecule has 1 aliphatic rings. The topological polar surface area (TPSA) is 98.6 Å². The van der Waals surface area contributed by atoms with Gasteiger partial charge in [0.05, 0.1) is 35.2 Å². The second kappa shape index (κ2) is 7.35. The Morgan fingerprint density at radius 1 is 1.12 bits per heavy atom. The molecular formula is C23H16ClFN6O2. The number of aromatic nitrogens is 6. The van der Waals surface area contributed by atoms with Crippen LogP contribution >= 0.6 is 11.6 Å². The second-order valence-electron chi connectivity index (χ2n) is 8.01. The van der Waals surface area contributed by atoms with Crippen molar-refractivity contribution in [3.8, 4) is 22.8 Å². The summed E-state index contributed by atoms with van der Waals surface area (Å²) in [7, 11) is 0. The van der Waals surface area contributed by atoms with Crippen LogP contribution in [0.15, 0.2) is 42.9 Å². The first-order valence-electron chi connectivity index (χ1n) is 10.3. The molecule has 1 fully saturated rings. The fourth-order valence-corrected chi connectivity index (χ4v) is 4.15. The number of nitrogens with zero attached hydrogens (tertiary/aromatic N) is 5. The summed E-state index contributed by atoms with van der Waals surface area (Å²) in [5, 5.41) is 4.57. The van der Waals surface area contributed by atoms with Gasteiger partial charge in [0.1, 0.15) is 33.4 Å². The first-order chi connectivity index (χ1) is 16.0. The Kier molecular flexibility index (Phi) is 4.41. The van der Waals surface area contributed by atoms with Gasteiger partial charge in [0, 0.05) is 24.6 Å². The van der Waals surface area contributed by atoms with Gasteiger partial charge < -0.3 is 9.72 Å². The van der Waals surface area contributed by atoms with Crippen LogP contribution in [0.25, 0.3) is 33.3 Å². The van der Waals surface area contributed by atoms with Gasteiger partial charge in [0.15, 0.2) is 11.6 Å². The third-order valence-electron chi connectivity index (χ3n) is 5.71. The molecule has 1 saturated carbocycles. The molecule has 5 aromatic rings. The molecule has 3 aromatic heterocycles. The Morgan fingerprint density at radius 3 is 2.73 bits per heavy atom. The summed E-state index contributed by atoms with van der Waals surface area (Å²) >= 11 is 6.60. The lowest BCUT2D eigenvalue weighted by Crippen LogP contribution is -2.26. The second-order valence-corrected chi connectivity index (χ2v) is 8.38. The molecule has 8 nitrogen and oxygen atoms in total. The van der Waals surface area contributed by atoms with Crippen molar-refractivity contribution < 1.29 is 13.9 Å². The van der Waals surface area contributed by atoms with Gasteiger partial charge in [-0.3, -0.25) is 14.5 Å². The Bertz CT molecular complexity index is 1570. The average molecular weight is 463 g/mol. The number of rotatable bonds is 4. The van der Waals surface area contributed by atoms with E-state index in [2.05, 4.69) is 25.0 Å². The Balaban J connectivity index is 1.35. The fourth-order valence-electron chi connectivity index (χ4n) is 3.91. The van der Waals surface area contributed by atoms with Gasteiger partial charge in [-0.2, -0.15) is 5.10 Å². The van der Waals surface area contributed by atoms with E-state index in [0.717, 1.165) is 5.56 Å². The highest BCUT2D eigenvalue weighted by atomic mass is 35.5. The van der Waals surface area contributed by atoms with E-state index in [9.17, 15) is 9.18 Å². The van der Waals surface area contributed by atoms with E-state index in [4.69, 9.17) is 16.3 Å². The van der Waals surface area contributed by atoms with Crippen LogP contribution in [0.1, 0.15) is 24.7 Å². The number of fused-ring (bicyclic) bond motifs is 2. The summed E-state index contributed by atoms with van der Waals surface area (Å²) in [6.45, 7) is 1.76. The molecule has 0 unspecified atom stereocenters. The van der Waals surface area contributed by atoms with Crippen molar-refractivity contribution in [1.29, 1.82) is 0 Å². The number of hydrogen-bond donors (Lipinski definition) is 1. The third kappa shape index (κ3) is 3.32. The van der Waals surface area contributed by atoms with Crippen LogP contribution in [0.4, 0.5) is 4.39 Å². The van der Waals surface area contributed by atoms with Crippen molar-refractivity contribution in [2.45, 2.75) is 25.8 Å². The molecule has 164 valence electrons. The predicted molar refractivity (Wildman–Crippen MR) is 120 cm³/mol. The number of carbonyl (C=O) groups is 1. The van der Waals surface area contributed by atoms with Gasteiger partial charge in [-0.1, -0.05) is 11.6 Å². The largest absolute Gasteiger partial charge is 0.453 e. The van der Waals surface area contributed by atoms with Crippen LogP contribution < -0.4 is 4.74 Å². The van der Waals surface area contributed by atoms with Crippen molar-refractivity contribution in [3.63, 3.8) is 0 Å². The van der Waals surface area contributed by atoms with Gasteiger partial charge >= 0.3 is 0 Å². The van der Waals surface area contributed by atoms with Crippen molar-refractivity contribution in [2.75, 3.05) is 0 Å². The Hall–Kier alpha value is -3.85. The quantitative estimate of drug-likeness (QED) is 0.395. The van der Waals surface area contributed by atoms with Crippen LogP contribution in [0.2, 0.25) is 5.02 Å². The lowest BCUT2D eigenvalue weighted by Gasteiger charge is -2.24. The van der Waals surface area contributed by atoms with Gasteiger partial charge in [-0.25, -0.2) is 14.4 Å². The molecule has 10 heteroatoms. The molecule has 0 aliphatic heterocycles. The number of nitrogens with one attached hydrogen (secondary N) is 1. The number of benzene rings is 2. The smallest absolute Gasteiger partial charge is 0.191 e. The molecule has 0 saturated heterocycles. The van der Waals surface area contributed by atoms with Crippen LogP contribution in [0, 0.1) is 12.7 Å². The van der Waals surface area contributed by atoms with Crippen LogP contribution in [-0.4, -0.2) is 35.5 Å². The number of ketones is 1. The van der Waals surface area contributed by atoms with Gasteiger partial charge in [0.2, 0.25) is 0 Å². The van der Waals surface area contributed by atoms with Crippen molar-refractivity contribution in [2.24, 2.45) is 0 Å². The molecule has 0 atom stereocenters. The van der Waals surface area contributed by atoms with Crippen LogP contribution in [-0.2, 0) is 4.79 Å². The standard InChI is InChI=1S/C23H16ClFN6O2/c1-11-28-16-3-5-19(21(25)23(16)29-11)33-18-4-2-15-22(20(18)24)30-17(9-26-15)12-8-27-31(10-12)13-6-14(32)7-13/h2-5,8-10,13H,6-7H2,1H3,(H,28,29). The maximum absolute atomic E-state index is 14.9. The molecule has 0 bridgehead atoms. The summed E-state index contributed by atoms with van der Waals surface area (Å²) in [6.07, 6.45) is 6.16. The lowest BCUT2D eigenvalue weighted by atomic mass is 9.92. The maximum atomic E-state index is 14.9. The van der Waals surface area contributed by atoms with Gasteiger partial charge in [-0.15, -0.1) is 0 Å². The van der Waals surface area contributed by atoms with E-state index in [1.54, 1.807) is 42.2 Å². The van der Waals surface area contributed by atoms with E-state index in [-0.39, 0.29) is 33.9 Å². The zero-order valence-corrected chi connectivity index (χ0v) is 18.1. The van der Waals surface area contributed by atoms with Crippen molar-refractivity contribution in [1.82, 2.24) is 29.7 Å². The molecule has 0 radical (unpaired) electrons.